The SMILES string of the molecule is CCCC(CNC(C)C)N1CCN(c2ccccc2)CC1. The summed E-state index contributed by atoms with van der Waals surface area (Å²) in [6.45, 7) is 12.5. The standard InChI is InChI=1S/C18H31N3/c1-4-8-18(15-19-16(2)3)21-13-11-20(12-14-21)17-9-6-5-7-10-17/h5-7,9-10,16,18-19H,4,8,11-15H2,1-3H3. The number of benzene rings is 1. The van der Waals surface area contributed by atoms with E-state index >= 15 is 0 Å². The summed E-state index contributed by atoms with van der Waals surface area (Å²) in [5.41, 5.74) is 1.37. The number of hydrogen-bond donors (Lipinski definition) is 1. The normalized spacial score (nSPS) is 18.2. The number of piperazine rings is 1. The highest BCUT2D eigenvalue weighted by molar-refractivity contribution is 5.46. The molecule has 0 aromatic heterocycles. The van der Waals surface area contributed by atoms with Crippen molar-refractivity contribution in [2.24, 2.45) is 0 Å². The number of anilines is 1. The van der Waals surface area contributed by atoms with Crippen LogP contribution in [0.3, 0.4) is 0 Å². The average molecular weight is 289 g/mol. The Labute approximate surface area is 130 Å². The Kier molecular flexibility index (Phi) is 6.52. The van der Waals surface area contributed by atoms with E-state index in [0.717, 1.165) is 19.6 Å². The predicted molar refractivity (Wildman–Crippen MR) is 92.1 cm³/mol. The minimum atomic E-state index is 0.579. The Morgan fingerprint density at radius 3 is 2.29 bits per heavy atom. The third-order valence-electron chi connectivity index (χ3n) is 4.34. The summed E-state index contributed by atoms with van der Waals surface area (Å²) in [6.07, 6.45) is 2.56. The van der Waals surface area contributed by atoms with Crippen LogP contribution in [0.4, 0.5) is 5.69 Å². The molecule has 1 unspecified atom stereocenters. The Morgan fingerprint density at radius 1 is 1.05 bits per heavy atom. The number of para-hydroxylation sites is 1. The van der Waals surface area contributed by atoms with Crippen molar-refractivity contribution < 1.29 is 0 Å². The molecule has 2 rings (SSSR count). The Bertz CT molecular complexity index is 383. The summed E-state index contributed by atoms with van der Waals surface area (Å²) >= 11 is 0. The predicted octanol–water partition coefficient (Wildman–Crippen LogP) is 2.98. The molecule has 1 aliphatic heterocycles. The van der Waals surface area contributed by atoms with Crippen molar-refractivity contribution in [3.05, 3.63) is 30.3 Å². The van der Waals surface area contributed by atoms with E-state index in [4.69, 9.17) is 0 Å². The van der Waals surface area contributed by atoms with Crippen LogP contribution in [0.15, 0.2) is 30.3 Å². The van der Waals surface area contributed by atoms with Gasteiger partial charge in [-0.3, -0.25) is 4.90 Å². The van der Waals surface area contributed by atoms with Crippen molar-refractivity contribution in [2.45, 2.75) is 45.7 Å². The highest BCUT2D eigenvalue weighted by Gasteiger charge is 2.23. The average Bonchev–Trinajstić information content (AvgIpc) is 2.52. The third-order valence-corrected chi connectivity index (χ3v) is 4.34. The molecule has 1 N–H and O–H groups in total. The van der Waals surface area contributed by atoms with Gasteiger partial charge in [-0.05, 0) is 18.6 Å². The van der Waals surface area contributed by atoms with Gasteiger partial charge < -0.3 is 10.2 Å². The number of hydrogen-bond acceptors (Lipinski definition) is 3. The quantitative estimate of drug-likeness (QED) is 0.832. The number of nitrogens with one attached hydrogen (secondary N) is 1. The van der Waals surface area contributed by atoms with Crippen molar-refractivity contribution in [1.29, 1.82) is 0 Å². The summed E-state index contributed by atoms with van der Waals surface area (Å²) in [7, 11) is 0. The molecule has 3 heteroatoms. The fourth-order valence-electron chi connectivity index (χ4n) is 3.10. The van der Waals surface area contributed by atoms with Gasteiger partial charge in [0.25, 0.3) is 0 Å². The smallest absolute Gasteiger partial charge is 0.0367 e. The lowest BCUT2D eigenvalue weighted by Crippen LogP contribution is -2.53. The summed E-state index contributed by atoms with van der Waals surface area (Å²) in [5, 5.41) is 3.62. The molecule has 1 fully saturated rings. The molecule has 1 heterocycles. The molecule has 1 aromatic carbocycles. The first-order chi connectivity index (χ1) is 10.2. The fourth-order valence-corrected chi connectivity index (χ4v) is 3.10. The van der Waals surface area contributed by atoms with Gasteiger partial charge in [-0.1, -0.05) is 45.4 Å². The van der Waals surface area contributed by atoms with Crippen LogP contribution >= 0.6 is 0 Å². The molecule has 1 aromatic rings. The van der Waals surface area contributed by atoms with Gasteiger partial charge in [0.15, 0.2) is 0 Å². The van der Waals surface area contributed by atoms with Crippen LogP contribution in [0.25, 0.3) is 0 Å². The van der Waals surface area contributed by atoms with Gasteiger partial charge in [-0.25, -0.2) is 0 Å². The van der Waals surface area contributed by atoms with E-state index in [1.54, 1.807) is 0 Å². The molecule has 0 bridgehead atoms. The Balaban J connectivity index is 1.85. The summed E-state index contributed by atoms with van der Waals surface area (Å²) < 4.78 is 0. The third kappa shape index (κ3) is 5.01. The van der Waals surface area contributed by atoms with Gasteiger partial charge in [-0.15, -0.1) is 0 Å². The van der Waals surface area contributed by atoms with Gasteiger partial charge >= 0.3 is 0 Å². The minimum Gasteiger partial charge on any atom is -0.369 e. The van der Waals surface area contributed by atoms with E-state index in [1.807, 2.05) is 0 Å². The molecular weight excluding hydrogens is 258 g/mol. The van der Waals surface area contributed by atoms with Gasteiger partial charge in [0, 0.05) is 50.5 Å². The van der Waals surface area contributed by atoms with Gasteiger partial charge in [0.05, 0.1) is 0 Å². The molecule has 1 atom stereocenters. The number of rotatable bonds is 7. The van der Waals surface area contributed by atoms with E-state index < -0.39 is 0 Å². The van der Waals surface area contributed by atoms with E-state index in [0.29, 0.717) is 12.1 Å². The first kappa shape index (κ1) is 16.3. The van der Waals surface area contributed by atoms with Crippen molar-refractivity contribution in [2.75, 3.05) is 37.6 Å². The topological polar surface area (TPSA) is 18.5 Å². The zero-order chi connectivity index (χ0) is 15.1. The molecule has 0 spiro atoms. The lowest BCUT2D eigenvalue weighted by atomic mass is 10.1. The Morgan fingerprint density at radius 2 is 1.71 bits per heavy atom. The number of nitrogens with zero attached hydrogens (tertiary/aromatic N) is 2. The Hall–Kier alpha value is -1.06. The van der Waals surface area contributed by atoms with Crippen LogP contribution < -0.4 is 10.2 Å². The van der Waals surface area contributed by atoms with Crippen molar-refractivity contribution in [3.8, 4) is 0 Å². The molecule has 0 saturated carbocycles. The maximum Gasteiger partial charge on any atom is 0.0367 e. The highest BCUT2D eigenvalue weighted by atomic mass is 15.3. The van der Waals surface area contributed by atoms with Crippen LogP contribution in [-0.2, 0) is 0 Å². The summed E-state index contributed by atoms with van der Waals surface area (Å²) in [4.78, 5) is 5.19. The van der Waals surface area contributed by atoms with Crippen LogP contribution in [0.2, 0.25) is 0 Å². The van der Waals surface area contributed by atoms with Crippen LogP contribution in [0, 0.1) is 0 Å². The van der Waals surface area contributed by atoms with Crippen LogP contribution in [-0.4, -0.2) is 49.7 Å². The second-order valence-corrected chi connectivity index (χ2v) is 6.36. The minimum absolute atomic E-state index is 0.579. The van der Waals surface area contributed by atoms with E-state index in [2.05, 4.69) is 66.2 Å². The largest absolute Gasteiger partial charge is 0.369 e. The molecule has 1 saturated heterocycles. The monoisotopic (exact) mass is 289 g/mol. The first-order valence-electron chi connectivity index (χ1n) is 8.48. The first-order valence-corrected chi connectivity index (χ1v) is 8.48. The molecule has 0 radical (unpaired) electrons. The summed E-state index contributed by atoms with van der Waals surface area (Å²) in [5.74, 6) is 0. The van der Waals surface area contributed by atoms with E-state index in [1.165, 1.54) is 31.6 Å². The van der Waals surface area contributed by atoms with Gasteiger partial charge in [0.1, 0.15) is 0 Å². The summed E-state index contributed by atoms with van der Waals surface area (Å²) in [6, 6.07) is 12.1. The molecule has 21 heavy (non-hydrogen) atoms. The van der Waals surface area contributed by atoms with Gasteiger partial charge in [0.2, 0.25) is 0 Å². The van der Waals surface area contributed by atoms with Crippen molar-refractivity contribution in [3.63, 3.8) is 0 Å². The van der Waals surface area contributed by atoms with Crippen molar-refractivity contribution >= 4 is 5.69 Å². The second-order valence-electron chi connectivity index (χ2n) is 6.36. The molecule has 3 nitrogen and oxygen atoms in total. The zero-order valence-corrected chi connectivity index (χ0v) is 13.9. The molecule has 118 valence electrons. The zero-order valence-electron chi connectivity index (χ0n) is 13.9. The fraction of sp³-hybridized carbons (Fsp3) is 0.667. The maximum absolute atomic E-state index is 3.62. The van der Waals surface area contributed by atoms with Crippen LogP contribution in [0.5, 0.6) is 0 Å². The van der Waals surface area contributed by atoms with Crippen molar-refractivity contribution in [1.82, 2.24) is 10.2 Å². The van der Waals surface area contributed by atoms with E-state index in [9.17, 15) is 0 Å². The molecular formula is C18H31N3. The molecule has 1 aliphatic rings. The highest BCUT2D eigenvalue weighted by Crippen LogP contribution is 2.17. The molecule has 0 amide bonds. The second kappa shape index (κ2) is 8.40. The maximum atomic E-state index is 3.62. The lowest BCUT2D eigenvalue weighted by Gasteiger charge is -2.40. The molecule has 0 aliphatic carbocycles. The van der Waals surface area contributed by atoms with Crippen LogP contribution in [0.1, 0.15) is 33.6 Å². The van der Waals surface area contributed by atoms with Gasteiger partial charge in [-0.2, -0.15) is 0 Å². The van der Waals surface area contributed by atoms with E-state index in [-0.39, 0.29) is 0 Å². The lowest BCUT2D eigenvalue weighted by molar-refractivity contribution is 0.169.